The average molecular weight is 367 g/mol. The number of hydrogen-bond donors (Lipinski definition) is 0. The number of pyridine rings is 1. The van der Waals surface area contributed by atoms with Gasteiger partial charge < -0.3 is 14.0 Å². The van der Waals surface area contributed by atoms with Crippen molar-refractivity contribution in [1.82, 2.24) is 4.57 Å². The van der Waals surface area contributed by atoms with Crippen molar-refractivity contribution in [2.45, 2.75) is 32.5 Å². The van der Waals surface area contributed by atoms with Crippen molar-refractivity contribution in [2.75, 3.05) is 13.7 Å². The fraction of sp³-hybridized carbons (Fsp3) is 0.421. The molecule has 2 heterocycles. The molecule has 0 fully saturated rings. The normalized spacial score (nSPS) is 16.2. The third-order valence-electron chi connectivity index (χ3n) is 4.57. The fourth-order valence-corrected chi connectivity index (χ4v) is 3.32. The van der Waals surface area contributed by atoms with Crippen molar-refractivity contribution in [3.05, 3.63) is 46.2 Å². The Balaban J connectivity index is 2.11. The molecule has 140 valence electrons. The van der Waals surface area contributed by atoms with Gasteiger partial charge in [-0.3, -0.25) is 4.79 Å². The van der Waals surface area contributed by atoms with Crippen molar-refractivity contribution < 1.29 is 22.6 Å². The van der Waals surface area contributed by atoms with Crippen LogP contribution in [0, 0.1) is 5.92 Å². The summed E-state index contributed by atoms with van der Waals surface area (Å²) in [6.45, 7) is 2.76. The summed E-state index contributed by atoms with van der Waals surface area (Å²) in [5, 5.41) is 0. The van der Waals surface area contributed by atoms with E-state index in [9.17, 15) is 18.0 Å². The molecule has 1 unspecified atom stereocenters. The van der Waals surface area contributed by atoms with E-state index in [2.05, 4.69) is 13.8 Å². The van der Waals surface area contributed by atoms with Crippen LogP contribution < -0.4 is 14.9 Å². The van der Waals surface area contributed by atoms with Gasteiger partial charge in [0.1, 0.15) is 0 Å². The molecule has 0 N–H and O–H groups in total. The van der Waals surface area contributed by atoms with E-state index >= 15 is 0 Å². The van der Waals surface area contributed by atoms with E-state index in [0.29, 0.717) is 6.42 Å². The second-order valence-corrected chi connectivity index (χ2v) is 6.73. The zero-order valence-corrected chi connectivity index (χ0v) is 14.8. The SMILES string of the molecule is COc1cc2c(cc1OCC(F)(F)F)CC(C(C)C)n1ccc(=O)cc1-2. The summed E-state index contributed by atoms with van der Waals surface area (Å²) in [6.07, 6.45) is -2.03. The number of alkyl halides is 3. The van der Waals surface area contributed by atoms with E-state index in [-0.39, 0.29) is 28.9 Å². The zero-order valence-electron chi connectivity index (χ0n) is 14.8. The van der Waals surface area contributed by atoms with Gasteiger partial charge in [0, 0.05) is 29.9 Å². The number of nitrogens with zero attached hydrogens (tertiary/aromatic N) is 1. The molecule has 1 aromatic carbocycles. The van der Waals surface area contributed by atoms with Crippen molar-refractivity contribution in [1.29, 1.82) is 0 Å². The molecule has 0 radical (unpaired) electrons. The first-order valence-corrected chi connectivity index (χ1v) is 8.32. The van der Waals surface area contributed by atoms with Gasteiger partial charge in [0.2, 0.25) is 0 Å². The third-order valence-corrected chi connectivity index (χ3v) is 4.57. The van der Waals surface area contributed by atoms with Gasteiger partial charge in [-0.25, -0.2) is 0 Å². The Hall–Kier alpha value is -2.44. The molecule has 0 bridgehead atoms. The Morgan fingerprint density at radius 1 is 1.23 bits per heavy atom. The first kappa shape index (κ1) is 18.4. The number of benzene rings is 1. The van der Waals surface area contributed by atoms with E-state index in [0.717, 1.165) is 16.8 Å². The highest BCUT2D eigenvalue weighted by molar-refractivity contribution is 5.70. The van der Waals surface area contributed by atoms with Crippen LogP contribution in [0.2, 0.25) is 0 Å². The molecule has 1 aliphatic rings. The van der Waals surface area contributed by atoms with Crippen LogP contribution in [-0.4, -0.2) is 24.5 Å². The van der Waals surface area contributed by atoms with E-state index < -0.39 is 12.8 Å². The van der Waals surface area contributed by atoms with Crippen LogP contribution in [-0.2, 0) is 6.42 Å². The van der Waals surface area contributed by atoms with Gasteiger partial charge in [0.15, 0.2) is 23.5 Å². The van der Waals surface area contributed by atoms with Crippen LogP contribution in [0.5, 0.6) is 11.5 Å². The van der Waals surface area contributed by atoms with Gasteiger partial charge >= 0.3 is 6.18 Å². The van der Waals surface area contributed by atoms with E-state index in [1.54, 1.807) is 24.4 Å². The van der Waals surface area contributed by atoms with Crippen molar-refractivity contribution >= 4 is 0 Å². The van der Waals surface area contributed by atoms with Gasteiger partial charge in [0.25, 0.3) is 0 Å². The Morgan fingerprint density at radius 3 is 2.58 bits per heavy atom. The van der Waals surface area contributed by atoms with Gasteiger partial charge in [-0.05, 0) is 30.0 Å². The maximum atomic E-state index is 12.5. The van der Waals surface area contributed by atoms with Crippen LogP contribution in [0.15, 0.2) is 35.3 Å². The first-order chi connectivity index (χ1) is 12.2. The number of halogens is 3. The molecule has 7 heteroatoms. The predicted molar refractivity (Wildman–Crippen MR) is 91.8 cm³/mol. The van der Waals surface area contributed by atoms with Crippen LogP contribution in [0.4, 0.5) is 13.2 Å². The lowest BCUT2D eigenvalue weighted by Gasteiger charge is -2.33. The van der Waals surface area contributed by atoms with Gasteiger partial charge in [0.05, 0.1) is 12.8 Å². The summed E-state index contributed by atoms with van der Waals surface area (Å²) < 4.78 is 49.8. The summed E-state index contributed by atoms with van der Waals surface area (Å²) >= 11 is 0. The summed E-state index contributed by atoms with van der Waals surface area (Å²) in [5.41, 5.74) is 2.23. The van der Waals surface area contributed by atoms with Crippen molar-refractivity contribution in [2.24, 2.45) is 5.92 Å². The lowest BCUT2D eigenvalue weighted by molar-refractivity contribution is -0.153. The molecule has 0 aliphatic carbocycles. The molecule has 4 nitrogen and oxygen atoms in total. The largest absolute Gasteiger partial charge is 0.493 e. The smallest absolute Gasteiger partial charge is 0.422 e. The maximum Gasteiger partial charge on any atom is 0.422 e. The van der Waals surface area contributed by atoms with Crippen LogP contribution in [0.1, 0.15) is 25.5 Å². The Morgan fingerprint density at radius 2 is 1.96 bits per heavy atom. The van der Waals surface area contributed by atoms with Crippen LogP contribution >= 0.6 is 0 Å². The number of rotatable bonds is 4. The summed E-state index contributed by atoms with van der Waals surface area (Å²) in [6, 6.07) is 6.39. The van der Waals surface area contributed by atoms with Crippen LogP contribution in [0.25, 0.3) is 11.3 Å². The molecule has 0 saturated carbocycles. The molecule has 3 rings (SSSR count). The van der Waals surface area contributed by atoms with Gasteiger partial charge in [-0.1, -0.05) is 13.8 Å². The van der Waals surface area contributed by atoms with Gasteiger partial charge in [-0.2, -0.15) is 13.2 Å². The molecule has 0 spiro atoms. The topological polar surface area (TPSA) is 40.5 Å². The minimum absolute atomic E-state index is 0.0535. The van der Waals surface area contributed by atoms with Crippen LogP contribution in [0.3, 0.4) is 0 Å². The number of ether oxygens (including phenoxy) is 2. The molecule has 0 saturated heterocycles. The Kier molecular flexibility index (Phi) is 4.73. The van der Waals surface area contributed by atoms with Crippen molar-refractivity contribution in [3.63, 3.8) is 0 Å². The minimum Gasteiger partial charge on any atom is -0.493 e. The zero-order chi connectivity index (χ0) is 19.1. The summed E-state index contributed by atoms with van der Waals surface area (Å²) in [7, 11) is 1.37. The molecule has 1 aliphatic heterocycles. The van der Waals surface area contributed by atoms with E-state index in [4.69, 9.17) is 9.47 Å². The Labute approximate surface area is 149 Å². The molecule has 26 heavy (non-hydrogen) atoms. The Bertz CT molecular complexity index is 871. The molecule has 1 aromatic heterocycles. The third kappa shape index (κ3) is 3.57. The number of hydrogen-bond acceptors (Lipinski definition) is 3. The highest BCUT2D eigenvalue weighted by Crippen LogP contribution is 2.42. The second kappa shape index (κ2) is 6.70. The highest BCUT2D eigenvalue weighted by atomic mass is 19.4. The molecule has 1 atom stereocenters. The monoisotopic (exact) mass is 367 g/mol. The second-order valence-electron chi connectivity index (χ2n) is 6.73. The molecule has 2 aromatic rings. The summed E-state index contributed by atoms with van der Waals surface area (Å²) in [5.74, 6) is 0.544. The fourth-order valence-electron chi connectivity index (χ4n) is 3.32. The van der Waals surface area contributed by atoms with Gasteiger partial charge in [-0.15, -0.1) is 0 Å². The van der Waals surface area contributed by atoms with E-state index in [1.807, 2.05) is 4.57 Å². The number of fused-ring (bicyclic) bond motifs is 3. The summed E-state index contributed by atoms with van der Waals surface area (Å²) in [4.78, 5) is 11.9. The average Bonchev–Trinajstić information content (AvgIpc) is 2.57. The highest BCUT2D eigenvalue weighted by Gasteiger charge is 2.31. The van der Waals surface area contributed by atoms with Crippen molar-refractivity contribution in [3.8, 4) is 22.8 Å². The maximum absolute atomic E-state index is 12.5. The number of methoxy groups -OCH3 is 1. The predicted octanol–water partition coefficient (Wildman–Crippen LogP) is 4.22. The molecule has 0 amide bonds. The first-order valence-electron chi connectivity index (χ1n) is 8.32. The minimum atomic E-state index is -4.43. The van der Waals surface area contributed by atoms with E-state index in [1.165, 1.54) is 13.2 Å². The molecular weight excluding hydrogens is 347 g/mol. The lowest BCUT2D eigenvalue weighted by Crippen LogP contribution is -2.25. The number of aromatic nitrogens is 1. The standard InChI is InChI=1S/C19H20F3NO3/c1-11(2)15-6-12-7-18(26-10-19(20,21)22)17(25-3)9-14(12)16-8-13(24)4-5-23(15)16/h4-5,7-9,11,15H,6,10H2,1-3H3. The quantitative estimate of drug-likeness (QED) is 0.812. The molecular formula is C19H20F3NO3. The lowest BCUT2D eigenvalue weighted by atomic mass is 9.87.